The van der Waals surface area contributed by atoms with Crippen molar-refractivity contribution in [1.29, 1.82) is 0 Å². The van der Waals surface area contributed by atoms with Gasteiger partial charge in [-0.1, -0.05) is 69.6 Å². The number of aromatic nitrogens is 1. The Hall–Kier alpha value is -1.17. The van der Waals surface area contributed by atoms with E-state index in [4.69, 9.17) is 9.48 Å². The third-order valence-electron chi connectivity index (χ3n) is 4.09. The molecule has 0 amide bonds. The number of ether oxygens (including phenoxy) is 1. The summed E-state index contributed by atoms with van der Waals surface area (Å²) in [7, 11) is -2.36. The van der Waals surface area contributed by atoms with E-state index in [0.29, 0.717) is 4.91 Å². The molecule has 24 heavy (non-hydrogen) atoms. The standard InChI is InChI=1S/C18H28NO2PSi2/c1-21-17(20)16-13-15(14-11-9-8-10-12-14)19-22(16)18(23(2,3)4)24(5,6)7/h8-13,18H,1-7H3. The Labute approximate surface area is 148 Å². The van der Waals surface area contributed by atoms with Gasteiger partial charge in [-0.25, -0.2) is 9.54 Å². The summed E-state index contributed by atoms with van der Waals surface area (Å²) >= 11 is 0. The molecule has 130 valence electrons. The van der Waals surface area contributed by atoms with Gasteiger partial charge in [0.25, 0.3) is 0 Å². The number of carbonyl (C=O) groups excluding carboxylic acids is 1. The first kappa shape index (κ1) is 19.2. The molecule has 0 fully saturated rings. The molecule has 1 aromatic heterocycles. The molecule has 0 N–H and O–H groups in total. The van der Waals surface area contributed by atoms with E-state index in [0.717, 1.165) is 16.6 Å². The molecule has 0 spiro atoms. The normalized spacial score (nSPS) is 13.2. The van der Waals surface area contributed by atoms with Gasteiger partial charge in [0.2, 0.25) is 0 Å². The Morgan fingerprint density at radius 2 is 1.58 bits per heavy atom. The molecule has 1 unspecified atom stereocenters. The molecular weight excluding hydrogens is 349 g/mol. The number of methoxy groups -OCH3 is 1. The van der Waals surface area contributed by atoms with Gasteiger partial charge < -0.3 is 4.74 Å². The maximum atomic E-state index is 12.4. The second-order valence-corrected chi connectivity index (χ2v) is 22.4. The Kier molecular flexibility index (Phi) is 5.58. The zero-order chi connectivity index (χ0) is 18.1. The van der Waals surface area contributed by atoms with E-state index in [1.165, 1.54) is 7.11 Å². The van der Waals surface area contributed by atoms with Crippen LogP contribution in [0.4, 0.5) is 0 Å². The summed E-state index contributed by atoms with van der Waals surface area (Å²) in [6.45, 7) is 14.4. The molecule has 0 saturated carbocycles. The van der Waals surface area contributed by atoms with Crippen LogP contribution in [-0.2, 0) is 4.74 Å². The van der Waals surface area contributed by atoms with Crippen molar-refractivity contribution in [2.45, 2.75) is 44.2 Å². The minimum atomic E-state index is -1.48. The molecule has 6 heteroatoms. The lowest BCUT2D eigenvalue weighted by Crippen LogP contribution is -2.43. The molecule has 0 radical (unpaired) electrons. The van der Waals surface area contributed by atoms with Crippen LogP contribution in [0.1, 0.15) is 15.0 Å². The summed E-state index contributed by atoms with van der Waals surface area (Å²) in [6.07, 6.45) is 0. The molecule has 0 aliphatic heterocycles. The zero-order valence-corrected chi connectivity index (χ0v) is 18.6. The van der Waals surface area contributed by atoms with Gasteiger partial charge in [0.15, 0.2) is 0 Å². The van der Waals surface area contributed by atoms with E-state index < -0.39 is 23.8 Å². The van der Waals surface area contributed by atoms with Gasteiger partial charge >= 0.3 is 5.97 Å². The van der Waals surface area contributed by atoms with Crippen LogP contribution < -0.4 is 0 Å². The average Bonchev–Trinajstić information content (AvgIpc) is 2.88. The van der Waals surface area contributed by atoms with Crippen LogP contribution >= 0.6 is 7.69 Å². The minimum absolute atomic E-state index is 0.211. The van der Waals surface area contributed by atoms with Crippen molar-refractivity contribution in [2.75, 3.05) is 7.11 Å². The van der Waals surface area contributed by atoms with Gasteiger partial charge in [0.05, 0.1) is 34.2 Å². The third-order valence-corrected chi connectivity index (χ3v) is 20.4. The topological polar surface area (TPSA) is 39.2 Å². The lowest BCUT2D eigenvalue weighted by molar-refractivity contribution is 0.0606. The number of hydrogen-bond donors (Lipinski definition) is 0. The first-order valence-corrected chi connectivity index (χ1v) is 16.8. The quantitative estimate of drug-likeness (QED) is 0.487. The van der Waals surface area contributed by atoms with Crippen LogP contribution in [0.2, 0.25) is 39.3 Å². The molecule has 1 atom stereocenters. The van der Waals surface area contributed by atoms with E-state index in [1.807, 2.05) is 24.3 Å². The third kappa shape index (κ3) is 4.08. The van der Waals surface area contributed by atoms with Crippen molar-refractivity contribution in [2.24, 2.45) is 0 Å². The molecular formula is C18H28NO2PSi2. The van der Waals surface area contributed by atoms with E-state index in [-0.39, 0.29) is 5.97 Å². The van der Waals surface area contributed by atoms with Crippen molar-refractivity contribution < 1.29 is 9.53 Å². The number of carbonyl (C=O) groups is 1. The summed E-state index contributed by atoms with van der Waals surface area (Å²) in [5.74, 6) is -0.211. The predicted octanol–water partition coefficient (Wildman–Crippen LogP) is 5.82. The molecule has 2 rings (SSSR count). The highest BCUT2D eigenvalue weighted by atomic mass is 31.1. The summed E-state index contributed by atoms with van der Waals surface area (Å²) in [6, 6.07) is 12.1. The largest absolute Gasteiger partial charge is 0.465 e. The van der Waals surface area contributed by atoms with Crippen LogP contribution in [0.15, 0.2) is 36.4 Å². The summed E-state index contributed by atoms with van der Waals surface area (Å²) < 4.78 is 10.2. The van der Waals surface area contributed by atoms with Crippen molar-refractivity contribution in [3.05, 3.63) is 41.7 Å². The summed E-state index contributed by atoms with van der Waals surface area (Å²) in [4.78, 5) is 13.0. The van der Waals surface area contributed by atoms with Gasteiger partial charge in [-0.05, 0) is 13.8 Å². The molecule has 0 aliphatic rings. The SMILES string of the molecule is COC(=O)c1cc(-c2ccccc2)np1C([Si](C)(C)C)[Si](C)(C)C. The first-order chi connectivity index (χ1) is 11.1. The molecule has 3 nitrogen and oxygen atoms in total. The van der Waals surface area contributed by atoms with Gasteiger partial charge in [0.1, 0.15) is 0 Å². The van der Waals surface area contributed by atoms with Gasteiger partial charge in [-0.3, -0.25) is 0 Å². The van der Waals surface area contributed by atoms with Gasteiger partial charge in [-0.15, -0.1) is 0 Å². The predicted molar refractivity (Wildman–Crippen MR) is 109 cm³/mol. The Morgan fingerprint density at radius 3 is 2.04 bits per heavy atom. The van der Waals surface area contributed by atoms with Crippen molar-refractivity contribution >= 4 is 29.8 Å². The second kappa shape index (κ2) is 6.99. The fraction of sp³-hybridized carbons (Fsp3) is 0.444. The summed E-state index contributed by atoms with van der Waals surface area (Å²) in [5, 5.41) is 0.793. The molecule has 2 aromatic rings. The first-order valence-electron chi connectivity index (χ1n) is 8.29. The monoisotopic (exact) mass is 377 g/mol. The second-order valence-electron chi connectivity index (χ2n) is 8.35. The Bertz CT molecular complexity index is 701. The van der Waals surface area contributed by atoms with Crippen molar-refractivity contribution in [3.8, 4) is 11.3 Å². The highest BCUT2D eigenvalue weighted by Crippen LogP contribution is 2.53. The van der Waals surface area contributed by atoms with E-state index >= 15 is 0 Å². The van der Waals surface area contributed by atoms with E-state index in [1.54, 1.807) is 0 Å². The Balaban J connectivity index is 2.67. The number of benzene rings is 1. The summed E-state index contributed by atoms with van der Waals surface area (Å²) in [5.41, 5.74) is 2.01. The zero-order valence-electron chi connectivity index (χ0n) is 15.8. The molecule has 1 aromatic carbocycles. The number of rotatable bonds is 5. The van der Waals surface area contributed by atoms with Gasteiger partial charge in [-0.2, -0.15) is 0 Å². The Morgan fingerprint density at radius 1 is 1.04 bits per heavy atom. The maximum Gasteiger partial charge on any atom is 0.343 e. The molecule has 1 heterocycles. The highest BCUT2D eigenvalue weighted by Gasteiger charge is 2.42. The van der Waals surface area contributed by atoms with Crippen LogP contribution in [0.25, 0.3) is 11.3 Å². The van der Waals surface area contributed by atoms with Crippen LogP contribution in [0.5, 0.6) is 0 Å². The minimum Gasteiger partial charge on any atom is -0.465 e. The van der Waals surface area contributed by atoms with E-state index in [9.17, 15) is 4.79 Å². The molecule has 0 saturated heterocycles. The average molecular weight is 378 g/mol. The lowest BCUT2D eigenvalue weighted by atomic mass is 10.1. The van der Waals surface area contributed by atoms with Crippen LogP contribution in [-0.4, -0.2) is 34.0 Å². The van der Waals surface area contributed by atoms with E-state index in [2.05, 4.69) is 51.4 Å². The molecule has 0 aliphatic carbocycles. The van der Waals surface area contributed by atoms with Gasteiger partial charge in [0, 0.05) is 10.5 Å². The number of hydrogen-bond acceptors (Lipinski definition) is 3. The number of nitrogens with zero attached hydrogens (tertiary/aromatic N) is 1. The lowest BCUT2D eigenvalue weighted by Gasteiger charge is -2.38. The van der Waals surface area contributed by atoms with Crippen molar-refractivity contribution in [1.82, 2.24) is 4.75 Å². The van der Waals surface area contributed by atoms with Crippen LogP contribution in [0.3, 0.4) is 0 Å². The fourth-order valence-corrected chi connectivity index (χ4v) is 22.5. The smallest absolute Gasteiger partial charge is 0.343 e. The van der Waals surface area contributed by atoms with Crippen LogP contribution in [0, 0.1) is 0 Å². The molecule has 0 bridgehead atoms. The number of esters is 1. The fourth-order valence-electron chi connectivity index (χ4n) is 3.63. The van der Waals surface area contributed by atoms with Crippen molar-refractivity contribution in [3.63, 3.8) is 0 Å². The highest BCUT2D eigenvalue weighted by molar-refractivity contribution is 7.56. The maximum absolute atomic E-state index is 12.4.